The fourth-order valence-corrected chi connectivity index (χ4v) is 4.38. The van der Waals surface area contributed by atoms with Crippen LogP contribution in [0.4, 0.5) is 0 Å². The van der Waals surface area contributed by atoms with Crippen LogP contribution in [0.1, 0.15) is 29.0 Å². The molecule has 0 N–H and O–H groups in total. The van der Waals surface area contributed by atoms with Crippen molar-refractivity contribution in [3.63, 3.8) is 0 Å². The molecule has 1 aliphatic rings. The molecule has 0 spiro atoms. The third-order valence-corrected chi connectivity index (χ3v) is 5.72. The van der Waals surface area contributed by atoms with E-state index in [1.54, 1.807) is 0 Å². The molecule has 0 aromatic heterocycles. The zero-order valence-electron chi connectivity index (χ0n) is 15.4. The summed E-state index contributed by atoms with van der Waals surface area (Å²) in [6.45, 7) is 0. The Kier molecular flexibility index (Phi) is 3.98. The van der Waals surface area contributed by atoms with Gasteiger partial charge in [0.25, 0.3) is 0 Å². The van der Waals surface area contributed by atoms with E-state index >= 15 is 0 Å². The molecule has 136 valence electrons. The Morgan fingerprint density at radius 3 is 2.14 bits per heavy atom. The quantitative estimate of drug-likeness (QED) is 0.429. The SMILES string of the molecule is O=C1OC(c2ccccc2)(c2cccc3ccccc23)CC1c1ccccc1. The number of carbonyl (C=O) groups is 1. The van der Waals surface area contributed by atoms with Crippen LogP contribution >= 0.6 is 0 Å². The summed E-state index contributed by atoms with van der Waals surface area (Å²) in [5, 5.41) is 2.27. The number of hydrogen-bond acceptors (Lipinski definition) is 2. The van der Waals surface area contributed by atoms with Gasteiger partial charge in [0, 0.05) is 17.5 Å². The van der Waals surface area contributed by atoms with Gasteiger partial charge in [-0.05, 0) is 16.3 Å². The molecule has 2 unspecified atom stereocenters. The molecule has 2 heteroatoms. The largest absolute Gasteiger partial charge is 0.449 e. The third-order valence-electron chi connectivity index (χ3n) is 5.72. The lowest BCUT2D eigenvalue weighted by molar-refractivity contribution is -0.147. The number of carbonyl (C=O) groups excluding carboxylic acids is 1. The smallest absolute Gasteiger partial charge is 0.314 e. The highest BCUT2D eigenvalue weighted by Gasteiger charge is 2.50. The van der Waals surface area contributed by atoms with Crippen molar-refractivity contribution >= 4 is 16.7 Å². The lowest BCUT2D eigenvalue weighted by atomic mass is 9.78. The molecule has 4 aromatic carbocycles. The van der Waals surface area contributed by atoms with Gasteiger partial charge in [-0.2, -0.15) is 0 Å². The van der Waals surface area contributed by atoms with Crippen molar-refractivity contribution in [2.45, 2.75) is 17.9 Å². The second kappa shape index (κ2) is 6.65. The van der Waals surface area contributed by atoms with Crippen LogP contribution in [0, 0.1) is 0 Å². The predicted octanol–water partition coefficient (Wildman–Crippen LogP) is 5.81. The molecule has 0 aliphatic carbocycles. The highest BCUT2D eigenvalue weighted by Crippen LogP contribution is 2.50. The molecule has 2 atom stereocenters. The molecule has 1 heterocycles. The Morgan fingerprint density at radius 2 is 1.36 bits per heavy atom. The summed E-state index contributed by atoms with van der Waals surface area (Å²) in [4.78, 5) is 13.1. The van der Waals surface area contributed by atoms with E-state index in [9.17, 15) is 4.79 Å². The summed E-state index contributed by atoms with van der Waals surface area (Å²) < 4.78 is 6.26. The van der Waals surface area contributed by atoms with Gasteiger partial charge in [-0.15, -0.1) is 0 Å². The van der Waals surface area contributed by atoms with Gasteiger partial charge in [-0.25, -0.2) is 0 Å². The van der Waals surface area contributed by atoms with Crippen LogP contribution in [0.5, 0.6) is 0 Å². The van der Waals surface area contributed by atoms with E-state index in [0.717, 1.165) is 27.5 Å². The molecule has 0 radical (unpaired) electrons. The maximum Gasteiger partial charge on any atom is 0.314 e. The minimum Gasteiger partial charge on any atom is -0.449 e. The van der Waals surface area contributed by atoms with E-state index in [2.05, 4.69) is 36.4 Å². The van der Waals surface area contributed by atoms with Crippen molar-refractivity contribution in [3.05, 3.63) is 120 Å². The van der Waals surface area contributed by atoms with Gasteiger partial charge < -0.3 is 4.74 Å². The predicted molar refractivity (Wildman–Crippen MR) is 111 cm³/mol. The van der Waals surface area contributed by atoms with Crippen LogP contribution in [-0.2, 0) is 15.1 Å². The summed E-state index contributed by atoms with van der Waals surface area (Å²) in [6.07, 6.45) is 0.591. The normalized spacial score (nSPS) is 21.6. The molecule has 0 saturated carbocycles. The summed E-state index contributed by atoms with van der Waals surface area (Å²) in [6, 6.07) is 34.6. The zero-order chi connectivity index (χ0) is 19.0. The maximum absolute atomic E-state index is 13.1. The second-order valence-electron chi connectivity index (χ2n) is 7.31. The molecule has 1 aliphatic heterocycles. The molecular formula is C26H20O2. The summed E-state index contributed by atoms with van der Waals surface area (Å²) >= 11 is 0. The van der Waals surface area contributed by atoms with Gasteiger partial charge in [0.05, 0.1) is 5.92 Å². The Balaban J connectivity index is 1.73. The Morgan fingerprint density at radius 1 is 0.714 bits per heavy atom. The fourth-order valence-electron chi connectivity index (χ4n) is 4.38. The lowest BCUT2D eigenvalue weighted by Crippen LogP contribution is -2.27. The van der Waals surface area contributed by atoms with Crippen LogP contribution in [-0.4, -0.2) is 5.97 Å². The molecule has 1 fully saturated rings. The number of hydrogen-bond donors (Lipinski definition) is 0. The standard InChI is InChI=1S/C26H20O2/c27-25-23(20-10-3-1-4-11-20)18-26(28-25,21-14-5-2-6-15-21)24-17-9-13-19-12-7-8-16-22(19)24/h1-17,23H,18H2. The first-order valence-electron chi connectivity index (χ1n) is 9.59. The number of ether oxygens (including phenoxy) is 1. The molecule has 0 amide bonds. The molecule has 0 bridgehead atoms. The van der Waals surface area contributed by atoms with Crippen molar-refractivity contribution in [1.82, 2.24) is 0 Å². The second-order valence-corrected chi connectivity index (χ2v) is 7.31. The van der Waals surface area contributed by atoms with E-state index in [1.165, 1.54) is 0 Å². The van der Waals surface area contributed by atoms with Gasteiger partial charge in [0.2, 0.25) is 0 Å². The first kappa shape index (κ1) is 16.8. The number of fused-ring (bicyclic) bond motifs is 1. The molecule has 2 nitrogen and oxygen atoms in total. The zero-order valence-corrected chi connectivity index (χ0v) is 15.4. The van der Waals surface area contributed by atoms with Gasteiger partial charge in [0.15, 0.2) is 5.60 Å². The minimum absolute atomic E-state index is 0.164. The first-order valence-corrected chi connectivity index (χ1v) is 9.59. The Labute approximate surface area is 164 Å². The maximum atomic E-state index is 13.1. The molecule has 28 heavy (non-hydrogen) atoms. The number of rotatable bonds is 3. The summed E-state index contributed by atoms with van der Waals surface area (Å²) in [7, 11) is 0. The average molecular weight is 364 g/mol. The van der Waals surface area contributed by atoms with Crippen LogP contribution < -0.4 is 0 Å². The van der Waals surface area contributed by atoms with E-state index in [0.29, 0.717) is 6.42 Å². The van der Waals surface area contributed by atoms with Crippen LogP contribution in [0.15, 0.2) is 103 Å². The minimum atomic E-state index is -0.792. The average Bonchev–Trinajstić information content (AvgIpc) is 3.13. The first-order chi connectivity index (χ1) is 13.8. The fraction of sp³-hybridized carbons (Fsp3) is 0.115. The van der Waals surface area contributed by atoms with E-state index in [4.69, 9.17) is 4.74 Å². The van der Waals surface area contributed by atoms with Gasteiger partial charge in [-0.1, -0.05) is 103 Å². The number of esters is 1. The van der Waals surface area contributed by atoms with Crippen LogP contribution in [0.3, 0.4) is 0 Å². The van der Waals surface area contributed by atoms with Gasteiger partial charge in [-0.3, -0.25) is 4.79 Å². The van der Waals surface area contributed by atoms with Crippen molar-refractivity contribution in [2.24, 2.45) is 0 Å². The number of cyclic esters (lactones) is 1. The Bertz CT molecular complexity index is 1130. The number of benzene rings is 4. The summed E-state index contributed by atoms with van der Waals surface area (Å²) in [5.74, 6) is -0.441. The van der Waals surface area contributed by atoms with E-state index in [-0.39, 0.29) is 11.9 Å². The van der Waals surface area contributed by atoms with Gasteiger partial charge >= 0.3 is 5.97 Å². The van der Waals surface area contributed by atoms with Crippen LogP contribution in [0.2, 0.25) is 0 Å². The third kappa shape index (κ3) is 2.61. The van der Waals surface area contributed by atoms with Crippen molar-refractivity contribution < 1.29 is 9.53 Å². The summed E-state index contributed by atoms with van der Waals surface area (Å²) in [5.41, 5.74) is 2.27. The van der Waals surface area contributed by atoms with Crippen molar-refractivity contribution in [1.29, 1.82) is 0 Å². The molecule has 4 aromatic rings. The van der Waals surface area contributed by atoms with E-state index in [1.807, 2.05) is 66.7 Å². The topological polar surface area (TPSA) is 26.3 Å². The molecule has 5 rings (SSSR count). The molecule has 1 saturated heterocycles. The Hall–Kier alpha value is -3.39. The molecular weight excluding hydrogens is 344 g/mol. The monoisotopic (exact) mass is 364 g/mol. The van der Waals surface area contributed by atoms with E-state index < -0.39 is 5.60 Å². The van der Waals surface area contributed by atoms with Crippen molar-refractivity contribution in [3.8, 4) is 0 Å². The van der Waals surface area contributed by atoms with Gasteiger partial charge in [0.1, 0.15) is 0 Å². The highest BCUT2D eigenvalue weighted by molar-refractivity contribution is 5.89. The van der Waals surface area contributed by atoms with Crippen LogP contribution in [0.25, 0.3) is 10.8 Å². The highest BCUT2D eigenvalue weighted by atomic mass is 16.6. The van der Waals surface area contributed by atoms with Crippen molar-refractivity contribution in [2.75, 3.05) is 0 Å². The lowest BCUT2D eigenvalue weighted by Gasteiger charge is -2.30.